The molecule has 8 heteroatoms. The molecule has 1 amide bonds. The fraction of sp³-hybridized carbons (Fsp3) is 0.0769. The van der Waals surface area contributed by atoms with E-state index in [1.54, 1.807) is 31.2 Å². The Morgan fingerprint density at radius 2 is 1.90 bits per heavy atom. The Kier molecular flexibility index (Phi) is 4.20. The first-order valence-corrected chi connectivity index (χ1v) is 7.53. The third-order valence-corrected chi connectivity index (χ3v) is 3.13. The molecule has 0 aliphatic heterocycles. The maximum absolute atomic E-state index is 12.1. The van der Waals surface area contributed by atoms with Gasteiger partial charge in [0.15, 0.2) is 0 Å². The second-order valence-electron chi connectivity index (χ2n) is 4.35. The number of pyridine rings is 1. The summed E-state index contributed by atoms with van der Waals surface area (Å²) in [4.78, 5) is 16.1. The number of hydrogen-bond acceptors (Lipinski definition) is 4. The Morgan fingerprint density at radius 3 is 2.57 bits per heavy atom. The fourth-order valence-electron chi connectivity index (χ4n) is 1.74. The summed E-state index contributed by atoms with van der Waals surface area (Å²) in [7, 11) is -3.86. The molecule has 1 heterocycles. The minimum atomic E-state index is -3.86. The van der Waals surface area contributed by atoms with Crippen LogP contribution < -0.4 is 15.2 Å². The molecule has 0 aliphatic rings. The molecule has 1 aromatic heterocycles. The summed E-state index contributed by atoms with van der Waals surface area (Å²) in [6, 6.07) is 9.72. The highest BCUT2D eigenvalue weighted by molar-refractivity contribution is 7.90. The van der Waals surface area contributed by atoms with E-state index in [0.29, 0.717) is 11.4 Å². The van der Waals surface area contributed by atoms with E-state index in [1.807, 2.05) is 0 Å². The highest BCUT2D eigenvalue weighted by Crippen LogP contribution is 2.16. The smallest absolute Gasteiger partial charge is 0.296 e. The number of benzene rings is 1. The molecular weight excluding hydrogens is 292 g/mol. The predicted octanol–water partition coefficient (Wildman–Crippen LogP) is 1.26. The Morgan fingerprint density at radius 1 is 1.19 bits per heavy atom. The third kappa shape index (κ3) is 4.26. The van der Waals surface area contributed by atoms with E-state index in [1.165, 1.54) is 18.3 Å². The Hall–Kier alpha value is -2.45. The van der Waals surface area contributed by atoms with Gasteiger partial charge in [0.25, 0.3) is 16.1 Å². The zero-order valence-electron chi connectivity index (χ0n) is 11.2. The molecule has 110 valence electrons. The lowest BCUT2D eigenvalue weighted by Crippen LogP contribution is -2.21. The number of carbonyl (C=O) groups is 1. The summed E-state index contributed by atoms with van der Waals surface area (Å²) in [6.45, 7) is 1.78. The topological polar surface area (TPSA) is 114 Å². The van der Waals surface area contributed by atoms with Gasteiger partial charge in [0.05, 0.1) is 5.69 Å². The van der Waals surface area contributed by atoms with Crippen LogP contribution in [-0.4, -0.2) is 19.3 Å². The van der Waals surface area contributed by atoms with Crippen LogP contribution in [0.25, 0.3) is 0 Å². The molecular formula is C13H14N4O3S. The van der Waals surface area contributed by atoms with Gasteiger partial charge in [-0.15, -0.1) is 0 Å². The fourth-order valence-corrected chi connectivity index (χ4v) is 2.19. The van der Waals surface area contributed by atoms with Crippen molar-refractivity contribution >= 4 is 27.5 Å². The van der Waals surface area contributed by atoms with Gasteiger partial charge in [0, 0.05) is 11.9 Å². The molecule has 0 fully saturated rings. The van der Waals surface area contributed by atoms with Gasteiger partial charge in [-0.25, -0.2) is 5.14 Å². The van der Waals surface area contributed by atoms with Gasteiger partial charge in [0.2, 0.25) is 0 Å². The van der Waals surface area contributed by atoms with Crippen LogP contribution in [0, 0.1) is 6.92 Å². The monoisotopic (exact) mass is 306 g/mol. The van der Waals surface area contributed by atoms with E-state index >= 15 is 0 Å². The van der Waals surface area contributed by atoms with E-state index in [4.69, 9.17) is 5.14 Å². The zero-order valence-corrected chi connectivity index (χ0v) is 12.0. The second-order valence-corrected chi connectivity index (χ2v) is 5.65. The van der Waals surface area contributed by atoms with Crippen LogP contribution in [0.15, 0.2) is 42.6 Å². The molecule has 0 radical (unpaired) electrons. The van der Waals surface area contributed by atoms with Gasteiger partial charge >= 0.3 is 0 Å². The lowest BCUT2D eigenvalue weighted by molar-refractivity contribution is 0.102. The van der Waals surface area contributed by atoms with Crippen LogP contribution in [0.1, 0.15) is 16.1 Å². The van der Waals surface area contributed by atoms with Crippen LogP contribution in [0.2, 0.25) is 0 Å². The Bertz CT molecular complexity index is 774. The molecule has 7 nitrogen and oxygen atoms in total. The molecule has 0 aliphatic carbocycles. The molecule has 0 saturated heterocycles. The number of hydrogen-bond donors (Lipinski definition) is 3. The number of anilines is 2. The van der Waals surface area contributed by atoms with E-state index in [9.17, 15) is 13.2 Å². The predicted molar refractivity (Wildman–Crippen MR) is 80.1 cm³/mol. The van der Waals surface area contributed by atoms with E-state index in [-0.39, 0.29) is 11.6 Å². The Labute approximate surface area is 122 Å². The summed E-state index contributed by atoms with van der Waals surface area (Å²) >= 11 is 0. The van der Waals surface area contributed by atoms with Gasteiger partial charge in [-0.05, 0) is 36.8 Å². The van der Waals surface area contributed by atoms with Crippen LogP contribution in [0.5, 0.6) is 0 Å². The van der Waals surface area contributed by atoms with Gasteiger partial charge in [-0.1, -0.05) is 12.1 Å². The first kappa shape index (κ1) is 14.9. The molecule has 2 aromatic rings. The molecule has 1 aromatic carbocycles. The van der Waals surface area contributed by atoms with Crippen molar-refractivity contribution in [3.63, 3.8) is 0 Å². The molecule has 21 heavy (non-hydrogen) atoms. The number of nitrogens with one attached hydrogen (secondary N) is 2. The maximum atomic E-state index is 12.1. The highest BCUT2D eigenvalue weighted by atomic mass is 32.2. The van der Waals surface area contributed by atoms with Crippen molar-refractivity contribution in [3.05, 3.63) is 53.9 Å². The number of aryl methyl sites for hydroxylation is 1. The molecule has 0 spiro atoms. The minimum absolute atomic E-state index is 0.257. The van der Waals surface area contributed by atoms with E-state index < -0.39 is 10.2 Å². The highest BCUT2D eigenvalue weighted by Gasteiger charge is 2.11. The van der Waals surface area contributed by atoms with Crippen molar-refractivity contribution in [1.82, 2.24) is 4.98 Å². The summed E-state index contributed by atoms with van der Waals surface area (Å²) < 4.78 is 24.1. The summed E-state index contributed by atoms with van der Waals surface area (Å²) in [5.74, 6) is -0.374. The number of carbonyl (C=O) groups excluding carboxylic acids is 1. The zero-order chi connectivity index (χ0) is 15.5. The SMILES string of the molecule is Cc1cccnc1C(=O)Nc1cccc(NS(N)(=O)=O)c1. The normalized spacial score (nSPS) is 11.0. The molecule has 0 atom stereocenters. The van der Waals surface area contributed by atoms with Crippen LogP contribution >= 0.6 is 0 Å². The average Bonchev–Trinajstić information content (AvgIpc) is 2.37. The molecule has 0 unspecified atom stereocenters. The van der Waals surface area contributed by atoms with Crippen LogP contribution in [0.4, 0.5) is 11.4 Å². The summed E-state index contributed by atoms with van der Waals surface area (Å²) in [5.41, 5.74) is 1.74. The van der Waals surface area contributed by atoms with Crippen molar-refractivity contribution in [2.75, 3.05) is 10.0 Å². The number of aromatic nitrogens is 1. The van der Waals surface area contributed by atoms with Crippen molar-refractivity contribution < 1.29 is 13.2 Å². The van der Waals surface area contributed by atoms with E-state index in [2.05, 4.69) is 15.0 Å². The molecule has 0 bridgehead atoms. The summed E-state index contributed by atoms with van der Waals surface area (Å²) in [6.07, 6.45) is 1.53. The number of rotatable bonds is 4. The second kappa shape index (κ2) is 5.90. The largest absolute Gasteiger partial charge is 0.321 e. The van der Waals surface area contributed by atoms with Crippen molar-refractivity contribution in [2.45, 2.75) is 6.92 Å². The standard InChI is InChI=1S/C13H14N4O3S/c1-9-4-3-7-15-12(9)13(18)16-10-5-2-6-11(8-10)17-21(14,19)20/h2-8,17H,1H3,(H,16,18)(H2,14,19,20). The molecule has 2 rings (SSSR count). The average molecular weight is 306 g/mol. The number of nitrogens with two attached hydrogens (primary N) is 1. The van der Waals surface area contributed by atoms with Gasteiger partial charge < -0.3 is 5.32 Å². The quantitative estimate of drug-likeness (QED) is 0.788. The van der Waals surface area contributed by atoms with Gasteiger partial charge in [-0.3, -0.25) is 14.5 Å². The van der Waals surface area contributed by atoms with Crippen LogP contribution in [-0.2, 0) is 10.2 Å². The lowest BCUT2D eigenvalue weighted by Gasteiger charge is -2.09. The summed E-state index contributed by atoms with van der Waals surface area (Å²) in [5, 5.41) is 7.54. The van der Waals surface area contributed by atoms with Crippen molar-refractivity contribution in [2.24, 2.45) is 5.14 Å². The first-order chi connectivity index (χ1) is 9.85. The van der Waals surface area contributed by atoms with E-state index in [0.717, 1.165) is 5.56 Å². The Balaban J connectivity index is 2.19. The van der Waals surface area contributed by atoms with Gasteiger partial charge in [-0.2, -0.15) is 8.42 Å². The third-order valence-electron chi connectivity index (χ3n) is 2.61. The number of nitrogens with zero attached hydrogens (tertiary/aromatic N) is 1. The first-order valence-electron chi connectivity index (χ1n) is 5.99. The minimum Gasteiger partial charge on any atom is -0.321 e. The number of amides is 1. The molecule has 4 N–H and O–H groups in total. The lowest BCUT2D eigenvalue weighted by atomic mass is 10.2. The molecule has 0 saturated carbocycles. The van der Waals surface area contributed by atoms with Crippen molar-refractivity contribution in [3.8, 4) is 0 Å². The van der Waals surface area contributed by atoms with Crippen molar-refractivity contribution in [1.29, 1.82) is 0 Å². The van der Waals surface area contributed by atoms with Crippen LogP contribution in [0.3, 0.4) is 0 Å². The van der Waals surface area contributed by atoms with Gasteiger partial charge in [0.1, 0.15) is 5.69 Å². The maximum Gasteiger partial charge on any atom is 0.296 e.